The first-order valence-corrected chi connectivity index (χ1v) is 8.83. The molecule has 0 saturated heterocycles. The van der Waals surface area contributed by atoms with E-state index in [1.54, 1.807) is 52.1 Å². The van der Waals surface area contributed by atoms with Gasteiger partial charge in [-0.15, -0.1) is 0 Å². The molecule has 152 valence electrons. The predicted molar refractivity (Wildman–Crippen MR) is 108 cm³/mol. The zero-order chi connectivity index (χ0) is 21.8. The average molecular weight is 398 g/mol. The van der Waals surface area contributed by atoms with E-state index in [0.29, 0.717) is 12.1 Å². The predicted octanol–water partition coefficient (Wildman–Crippen LogP) is 3.87. The molecule has 0 aromatic heterocycles. The first kappa shape index (κ1) is 21.8. The van der Waals surface area contributed by atoms with Crippen LogP contribution in [0.2, 0.25) is 0 Å². The average Bonchev–Trinajstić information content (AvgIpc) is 2.60. The quantitative estimate of drug-likeness (QED) is 0.605. The summed E-state index contributed by atoms with van der Waals surface area (Å²) in [6.45, 7) is 5.76. The maximum Gasteiger partial charge on any atom is 0.410 e. The summed E-state index contributed by atoms with van der Waals surface area (Å²) in [5.41, 5.74) is 6.38. The Morgan fingerprint density at radius 3 is 2.34 bits per heavy atom. The summed E-state index contributed by atoms with van der Waals surface area (Å²) in [6, 6.07) is 9.01. The van der Waals surface area contributed by atoms with Gasteiger partial charge in [-0.25, -0.2) is 14.0 Å². The molecule has 0 aliphatic carbocycles. The van der Waals surface area contributed by atoms with Crippen molar-refractivity contribution in [3.8, 4) is 11.8 Å². The second-order valence-electron chi connectivity index (χ2n) is 7.51. The normalized spacial score (nSPS) is 10.7. The van der Waals surface area contributed by atoms with E-state index in [9.17, 15) is 19.1 Å². The Morgan fingerprint density at radius 2 is 1.79 bits per heavy atom. The van der Waals surface area contributed by atoms with Crippen LogP contribution in [0.1, 0.15) is 47.8 Å². The van der Waals surface area contributed by atoms with Gasteiger partial charge in [0.1, 0.15) is 11.4 Å². The smallest absolute Gasteiger partial charge is 0.410 e. The Kier molecular flexibility index (Phi) is 6.49. The first-order chi connectivity index (χ1) is 13.5. The summed E-state index contributed by atoms with van der Waals surface area (Å²) < 4.78 is 18.7. The summed E-state index contributed by atoms with van der Waals surface area (Å²) in [6.07, 6.45) is -0.422. The van der Waals surface area contributed by atoms with E-state index in [1.165, 1.54) is 4.90 Å². The molecule has 6 nitrogen and oxygen atoms in total. The summed E-state index contributed by atoms with van der Waals surface area (Å²) in [5, 5.41) is 9.21. The number of aromatic carboxylic acids is 1. The van der Waals surface area contributed by atoms with Gasteiger partial charge < -0.3 is 20.5 Å². The molecule has 0 aliphatic rings. The first-order valence-electron chi connectivity index (χ1n) is 8.83. The van der Waals surface area contributed by atoms with Gasteiger partial charge in [-0.05, 0) is 50.6 Å². The number of rotatable bonds is 3. The van der Waals surface area contributed by atoms with Crippen molar-refractivity contribution in [3.05, 3.63) is 64.5 Å². The van der Waals surface area contributed by atoms with Gasteiger partial charge in [-0.2, -0.15) is 0 Å². The third kappa shape index (κ3) is 6.25. The van der Waals surface area contributed by atoms with Crippen molar-refractivity contribution in [2.45, 2.75) is 32.9 Å². The Hall–Kier alpha value is -3.53. The van der Waals surface area contributed by atoms with E-state index >= 15 is 0 Å². The van der Waals surface area contributed by atoms with Crippen LogP contribution in [-0.2, 0) is 11.3 Å². The molecule has 0 atom stereocenters. The van der Waals surface area contributed by atoms with Crippen LogP contribution in [0.15, 0.2) is 36.4 Å². The number of carbonyl (C=O) groups is 2. The van der Waals surface area contributed by atoms with Crippen LogP contribution >= 0.6 is 0 Å². The highest BCUT2D eigenvalue weighted by atomic mass is 19.1. The third-order valence-electron chi connectivity index (χ3n) is 3.77. The molecular formula is C22H23FN2O4. The van der Waals surface area contributed by atoms with Crippen LogP contribution in [0.5, 0.6) is 0 Å². The van der Waals surface area contributed by atoms with Crippen molar-refractivity contribution in [1.29, 1.82) is 0 Å². The molecule has 2 aromatic rings. The minimum atomic E-state index is -1.30. The largest absolute Gasteiger partial charge is 0.478 e. The van der Waals surface area contributed by atoms with E-state index in [1.807, 2.05) is 0 Å². The lowest BCUT2D eigenvalue weighted by Crippen LogP contribution is -2.33. The minimum Gasteiger partial charge on any atom is -0.478 e. The van der Waals surface area contributed by atoms with Crippen LogP contribution < -0.4 is 5.73 Å². The number of nitrogens with two attached hydrogens (primary N) is 1. The molecular weight excluding hydrogens is 375 g/mol. The molecule has 2 rings (SSSR count). The molecule has 3 N–H and O–H groups in total. The standard InChI is InChI=1S/C22H23FN2O4/c1-22(2,3)29-21(28)25(4)13-15-7-5-14(6-8-15)9-10-17-18(20(26)27)11-16(23)12-19(17)24/h5-8,11-12H,13,24H2,1-4H3,(H,26,27). The fourth-order valence-corrected chi connectivity index (χ4v) is 2.44. The molecule has 0 spiro atoms. The van der Waals surface area contributed by atoms with Gasteiger partial charge in [0, 0.05) is 19.2 Å². The maximum atomic E-state index is 13.4. The zero-order valence-electron chi connectivity index (χ0n) is 16.7. The fraction of sp³-hybridized carbons (Fsp3) is 0.273. The van der Waals surface area contributed by atoms with E-state index in [2.05, 4.69) is 11.8 Å². The number of benzene rings is 2. The van der Waals surface area contributed by atoms with Crippen LogP contribution in [0.4, 0.5) is 14.9 Å². The number of carbonyl (C=O) groups excluding carboxylic acids is 1. The lowest BCUT2D eigenvalue weighted by Gasteiger charge is -2.24. The van der Waals surface area contributed by atoms with E-state index < -0.39 is 23.5 Å². The molecule has 0 bridgehead atoms. The van der Waals surface area contributed by atoms with Gasteiger partial charge in [0.05, 0.1) is 16.8 Å². The highest BCUT2D eigenvalue weighted by Gasteiger charge is 2.19. The van der Waals surface area contributed by atoms with Crippen LogP contribution in [0, 0.1) is 17.7 Å². The topological polar surface area (TPSA) is 92.9 Å². The van der Waals surface area contributed by atoms with Crippen molar-refractivity contribution in [2.24, 2.45) is 0 Å². The molecule has 0 radical (unpaired) electrons. The SMILES string of the molecule is CN(Cc1ccc(C#Cc2c(N)cc(F)cc2C(=O)O)cc1)C(=O)OC(C)(C)C. The van der Waals surface area contributed by atoms with Crippen molar-refractivity contribution < 1.29 is 23.8 Å². The minimum absolute atomic E-state index is 0.0366. The van der Waals surface area contributed by atoms with Gasteiger partial charge in [-0.1, -0.05) is 24.0 Å². The molecule has 0 fully saturated rings. The summed E-state index contributed by atoms with van der Waals surface area (Å²) in [5.74, 6) is 3.50. The highest BCUT2D eigenvalue weighted by molar-refractivity contribution is 5.93. The Labute approximate surface area is 169 Å². The van der Waals surface area contributed by atoms with E-state index in [0.717, 1.165) is 17.7 Å². The number of nitrogen functional groups attached to an aromatic ring is 1. The Bertz CT molecular complexity index is 983. The third-order valence-corrected chi connectivity index (χ3v) is 3.77. The molecule has 2 aromatic carbocycles. The van der Waals surface area contributed by atoms with E-state index in [-0.39, 0.29) is 16.8 Å². The van der Waals surface area contributed by atoms with Crippen LogP contribution in [0.3, 0.4) is 0 Å². The number of hydrogen-bond acceptors (Lipinski definition) is 4. The Morgan fingerprint density at radius 1 is 1.17 bits per heavy atom. The van der Waals surface area contributed by atoms with Crippen molar-refractivity contribution in [3.63, 3.8) is 0 Å². The highest BCUT2D eigenvalue weighted by Crippen LogP contribution is 2.19. The molecule has 0 heterocycles. The molecule has 7 heteroatoms. The lowest BCUT2D eigenvalue weighted by molar-refractivity contribution is 0.0285. The molecule has 0 saturated carbocycles. The van der Waals surface area contributed by atoms with Crippen molar-refractivity contribution in [1.82, 2.24) is 4.90 Å². The van der Waals surface area contributed by atoms with Crippen LogP contribution in [-0.4, -0.2) is 34.7 Å². The monoisotopic (exact) mass is 398 g/mol. The van der Waals surface area contributed by atoms with Gasteiger partial charge in [0.25, 0.3) is 0 Å². The second-order valence-corrected chi connectivity index (χ2v) is 7.51. The molecule has 29 heavy (non-hydrogen) atoms. The number of hydrogen-bond donors (Lipinski definition) is 2. The summed E-state index contributed by atoms with van der Waals surface area (Å²) >= 11 is 0. The maximum absolute atomic E-state index is 13.4. The Balaban J connectivity index is 2.16. The van der Waals surface area contributed by atoms with Gasteiger partial charge in [0.15, 0.2) is 0 Å². The number of amides is 1. The number of carboxylic acids is 1. The van der Waals surface area contributed by atoms with Gasteiger partial charge in [-0.3, -0.25) is 0 Å². The molecule has 0 unspecified atom stereocenters. The molecule has 1 amide bonds. The van der Waals surface area contributed by atoms with Gasteiger partial charge >= 0.3 is 12.1 Å². The fourth-order valence-electron chi connectivity index (χ4n) is 2.44. The molecule has 0 aliphatic heterocycles. The lowest BCUT2D eigenvalue weighted by atomic mass is 10.0. The van der Waals surface area contributed by atoms with Crippen molar-refractivity contribution >= 4 is 17.7 Å². The summed E-state index contributed by atoms with van der Waals surface area (Å²) in [4.78, 5) is 24.8. The van der Waals surface area contributed by atoms with Crippen molar-refractivity contribution in [2.75, 3.05) is 12.8 Å². The number of nitrogens with zero attached hydrogens (tertiary/aromatic N) is 1. The number of halogens is 1. The van der Waals surface area contributed by atoms with Crippen LogP contribution in [0.25, 0.3) is 0 Å². The summed E-state index contributed by atoms with van der Waals surface area (Å²) in [7, 11) is 1.65. The second kappa shape index (κ2) is 8.65. The van der Waals surface area contributed by atoms with Gasteiger partial charge in [0.2, 0.25) is 0 Å². The van der Waals surface area contributed by atoms with E-state index in [4.69, 9.17) is 10.5 Å². The number of ether oxygens (including phenoxy) is 1. The zero-order valence-corrected chi connectivity index (χ0v) is 16.7. The number of anilines is 1. The number of carboxylic acid groups (broad SMARTS) is 1.